The van der Waals surface area contributed by atoms with E-state index in [0.717, 1.165) is 36.8 Å². The molecule has 0 aliphatic carbocycles. The zero-order valence-corrected chi connectivity index (χ0v) is 16.6. The summed E-state index contributed by atoms with van der Waals surface area (Å²) < 4.78 is 28.0. The summed E-state index contributed by atoms with van der Waals surface area (Å²) in [5, 5.41) is 9.38. The van der Waals surface area contributed by atoms with Crippen molar-refractivity contribution in [3.8, 4) is 17.2 Å². The van der Waals surface area contributed by atoms with Crippen LogP contribution in [0.15, 0.2) is 47.4 Å². The summed E-state index contributed by atoms with van der Waals surface area (Å²) in [7, 11) is -3.55. The summed E-state index contributed by atoms with van der Waals surface area (Å²) >= 11 is 6.23. The highest BCUT2D eigenvalue weighted by atomic mass is 35.5. The molecule has 0 bridgehead atoms. The number of rotatable bonds is 8. The second-order valence-electron chi connectivity index (χ2n) is 6.23. The van der Waals surface area contributed by atoms with Crippen molar-refractivity contribution < 1.29 is 8.42 Å². The normalized spacial score (nSPS) is 11.5. The number of nitrogens with zero attached hydrogens (tertiary/aromatic N) is 1. The van der Waals surface area contributed by atoms with E-state index in [1.54, 1.807) is 42.5 Å². The number of nitriles is 1. The van der Waals surface area contributed by atoms with Gasteiger partial charge in [-0.05, 0) is 42.7 Å². The van der Waals surface area contributed by atoms with Crippen LogP contribution in [-0.2, 0) is 10.0 Å². The Morgan fingerprint density at radius 3 is 2.19 bits per heavy atom. The molecule has 1 N–H and O–H groups in total. The fourth-order valence-electron chi connectivity index (χ4n) is 2.88. The van der Waals surface area contributed by atoms with Crippen LogP contribution in [0.3, 0.4) is 0 Å². The standard InChI is InChI=1S/C20H23ClN2O2S/c1-3-5-17(6-4-2)23-26(24,25)18-10-8-16(9-11-18)19-12-7-15(14-22)13-20(19)21/h7-13,17,23H,3-6H2,1-2H3. The Morgan fingerprint density at radius 1 is 1.08 bits per heavy atom. The van der Waals surface area contributed by atoms with E-state index in [2.05, 4.69) is 4.72 Å². The summed E-state index contributed by atoms with van der Waals surface area (Å²) in [5.41, 5.74) is 2.05. The average molecular weight is 391 g/mol. The van der Waals surface area contributed by atoms with Crippen molar-refractivity contribution in [2.75, 3.05) is 0 Å². The highest BCUT2D eigenvalue weighted by Gasteiger charge is 2.19. The molecule has 4 nitrogen and oxygen atoms in total. The minimum atomic E-state index is -3.55. The Balaban J connectivity index is 2.24. The highest BCUT2D eigenvalue weighted by Crippen LogP contribution is 2.29. The Hall–Kier alpha value is -1.87. The first kappa shape index (κ1) is 20.4. The minimum absolute atomic E-state index is 0.0392. The van der Waals surface area contributed by atoms with Crippen LogP contribution in [0.4, 0.5) is 0 Å². The summed E-state index contributed by atoms with van der Waals surface area (Å²) in [4.78, 5) is 0.239. The quantitative estimate of drug-likeness (QED) is 0.679. The van der Waals surface area contributed by atoms with E-state index in [1.807, 2.05) is 19.9 Å². The molecule has 0 aromatic heterocycles. The van der Waals surface area contributed by atoms with Gasteiger partial charge in [-0.2, -0.15) is 5.26 Å². The van der Waals surface area contributed by atoms with Crippen molar-refractivity contribution in [2.24, 2.45) is 0 Å². The third-order valence-electron chi connectivity index (χ3n) is 4.17. The molecule has 2 rings (SSSR count). The van der Waals surface area contributed by atoms with Crippen molar-refractivity contribution in [1.82, 2.24) is 4.72 Å². The molecule has 0 amide bonds. The molecule has 6 heteroatoms. The maximum atomic E-state index is 12.6. The van der Waals surface area contributed by atoms with Gasteiger partial charge in [0.15, 0.2) is 0 Å². The van der Waals surface area contributed by atoms with Gasteiger partial charge in [0.25, 0.3) is 0 Å². The molecule has 26 heavy (non-hydrogen) atoms. The summed E-state index contributed by atoms with van der Waals surface area (Å²) in [5.74, 6) is 0. The summed E-state index contributed by atoms with van der Waals surface area (Å²) in [6, 6.07) is 13.7. The number of hydrogen-bond acceptors (Lipinski definition) is 3. The van der Waals surface area contributed by atoms with Crippen molar-refractivity contribution in [3.05, 3.63) is 53.1 Å². The lowest BCUT2D eigenvalue weighted by atomic mass is 10.0. The summed E-state index contributed by atoms with van der Waals surface area (Å²) in [6.07, 6.45) is 3.52. The van der Waals surface area contributed by atoms with Gasteiger partial charge in [0.05, 0.1) is 16.5 Å². The van der Waals surface area contributed by atoms with Gasteiger partial charge in [0.2, 0.25) is 10.0 Å². The molecular formula is C20H23ClN2O2S. The smallest absolute Gasteiger partial charge is 0.208 e. The van der Waals surface area contributed by atoms with Gasteiger partial charge in [0, 0.05) is 16.6 Å². The molecule has 0 unspecified atom stereocenters. The fourth-order valence-corrected chi connectivity index (χ4v) is 4.47. The first-order valence-electron chi connectivity index (χ1n) is 8.73. The molecule has 138 valence electrons. The number of sulfonamides is 1. The molecule has 0 radical (unpaired) electrons. The van der Waals surface area contributed by atoms with Gasteiger partial charge < -0.3 is 0 Å². The first-order chi connectivity index (χ1) is 12.4. The van der Waals surface area contributed by atoms with Gasteiger partial charge >= 0.3 is 0 Å². The molecule has 0 saturated carbocycles. The number of halogens is 1. The van der Waals surface area contributed by atoms with Gasteiger partial charge in [0.1, 0.15) is 0 Å². The molecule has 0 saturated heterocycles. The number of nitrogens with one attached hydrogen (secondary N) is 1. The van der Waals surface area contributed by atoms with Gasteiger partial charge in [-0.15, -0.1) is 0 Å². The van der Waals surface area contributed by atoms with E-state index in [0.29, 0.717) is 10.6 Å². The lowest BCUT2D eigenvalue weighted by molar-refractivity contribution is 0.494. The van der Waals surface area contributed by atoms with E-state index in [9.17, 15) is 8.42 Å². The highest BCUT2D eigenvalue weighted by molar-refractivity contribution is 7.89. The van der Waals surface area contributed by atoms with Crippen LogP contribution >= 0.6 is 11.6 Å². The molecule has 0 aliphatic heterocycles. The van der Waals surface area contributed by atoms with Gasteiger partial charge in [-0.1, -0.05) is 56.5 Å². The van der Waals surface area contributed by atoms with E-state index in [-0.39, 0.29) is 10.9 Å². The van der Waals surface area contributed by atoms with Crippen LogP contribution in [0.1, 0.15) is 45.1 Å². The largest absolute Gasteiger partial charge is 0.240 e. The Morgan fingerprint density at radius 2 is 1.69 bits per heavy atom. The third-order valence-corrected chi connectivity index (χ3v) is 6.02. The predicted octanol–water partition coefficient (Wildman–Crippen LogP) is 5.13. The zero-order valence-electron chi connectivity index (χ0n) is 15.0. The van der Waals surface area contributed by atoms with E-state index in [1.165, 1.54) is 0 Å². The van der Waals surface area contributed by atoms with Gasteiger partial charge in [-0.25, -0.2) is 13.1 Å². The van der Waals surface area contributed by atoms with Crippen molar-refractivity contribution in [2.45, 2.75) is 50.5 Å². The Kier molecular flexibility index (Phi) is 7.22. The number of benzene rings is 2. The molecular weight excluding hydrogens is 368 g/mol. The molecule has 2 aromatic carbocycles. The lowest BCUT2D eigenvalue weighted by Crippen LogP contribution is -2.34. The van der Waals surface area contributed by atoms with Crippen molar-refractivity contribution in [1.29, 1.82) is 5.26 Å². The van der Waals surface area contributed by atoms with Crippen molar-refractivity contribution >= 4 is 21.6 Å². The predicted molar refractivity (Wildman–Crippen MR) is 106 cm³/mol. The number of hydrogen-bond donors (Lipinski definition) is 1. The molecule has 0 atom stereocenters. The maximum Gasteiger partial charge on any atom is 0.240 e. The molecule has 0 aliphatic rings. The third kappa shape index (κ3) is 5.07. The van der Waals surface area contributed by atoms with E-state index in [4.69, 9.17) is 16.9 Å². The van der Waals surface area contributed by atoms with Crippen LogP contribution in [0, 0.1) is 11.3 Å². The lowest BCUT2D eigenvalue weighted by Gasteiger charge is -2.17. The summed E-state index contributed by atoms with van der Waals surface area (Å²) in [6.45, 7) is 4.10. The van der Waals surface area contributed by atoms with Crippen LogP contribution < -0.4 is 4.72 Å². The van der Waals surface area contributed by atoms with E-state index < -0.39 is 10.0 Å². The van der Waals surface area contributed by atoms with Crippen molar-refractivity contribution in [3.63, 3.8) is 0 Å². The molecule has 0 fully saturated rings. The van der Waals surface area contributed by atoms with Crippen LogP contribution in [-0.4, -0.2) is 14.5 Å². The Labute approximate surface area is 160 Å². The second kappa shape index (κ2) is 9.18. The zero-order chi connectivity index (χ0) is 19.2. The Bertz CT molecular complexity index is 881. The van der Waals surface area contributed by atoms with E-state index >= 15 is 0 Å². The van der Waals surface area contributed by atoms with Crippen LogP contribution in [0.2, 0.25) is 5.02 Å². The monoisotopic (exact) mass is 390 g/mol. The average Bonchev–Trinajstić information content (AvgIpc) is 2.62. The minimum Gasteiger partial charge on any atom is -0.208 e. The van der Waals surface area contributed by atoms with Crippen LogP contribution in [0.5, 0.6) is 0 Å². The SMILES string of the molecule is CCCC(CCC)NS(=O)(=O)c1ccc(-c2ccc(C#N)cc2Cl)cc1. The topological polar surface area (TPSA) is 70.0 Å². The van der Waals surface area contributed by atoms with Gasteiger partial charge in [-0.3, -0.25) is 0 Å². The molecule has 2 aromatic rings. The molecule has 0 spiro atoms. The van der Waals surface area contributed by atoms with Crippen LogP contribution in [0.25, 0.3) is 11.1 Å². The fraction of sp³-hybridized carbons (Fsp3) is 0.350. The second-order valence-corrected chi connectivity index (χ2v) is 8.35. The maximum absolute atomic E-state index is 12.6. The molecule has 0 heterocycles. The first-order valence-corrected chi connectivity index (χ1v) is 10.6.